The normalized spacial score (nSPS) is 15.5. The van der Waals surface area contributed by atoms with Crippen LogP contribution < -0.4 is 45.5 Å². The van der Waals surface area contributed by atoms with Crippen LogP contribution in [0.1, 0.15) is 66.3 Å². The zero-order chi connectivity index (χ0) is 57.1. The Bertz CT molecular complexity index is 2710. The van der Waals surface area contributed by atoms with Crippen LogP contribution in [0.15, 0.2) is 98.1 Å². The molecule has 0 radical (unpaired) electrons. The highest BCUT2D eigenvalue weighted by Gasteiger charge is 2.35. The molecule has 420 valence electrons. The van der Waals surface area contributed by atoms with E-state index in [1.807, 2.05) is 0 Å². The number of alkyl carbamates (subject to hydrolysis) is 1. The average molecular weight is 1080 g/mol. The summed E-state index contributed by atoms with van der Waals surface area (Å²) in [5.41, 5.74) is 2.53. The number of carbonyl (C=O) groups excluding carboxylic acids is 7. The number of nitrogens with zero attached hydrogens (tertiary/aromatic N) is 2. The molecule has 3 aromatic rings. The largest absolute Gasteiger partial charge is 0.493 e. The van der Waals surface area contributed by atoms with Gasteiger partial charge < -0.3 is 69.1 Å². The van der Waals surface area contributed by atoms with Crippen LogP contribution in [0.25, 0.3) is 0 Å². The fourth-order valence-electron chi connectivity index (χ4n) is 8.23. The number of benzene rings is 3. The lowest BCUT2D eigenvalue weighted by Gasteiger charge is -2.25. The first-order valence-electron chi connectivity index (χ1n) is 24.9. The van der Waals surface area contributed by atoms with Crippen molar-refractivity contribution in [2.45, 2.75) is 70.8 Å². The molecule has 23 heteroatoms. The summed E-state index contributed by atoms with van der Waals surface area (Å²) < 4.78 is 39.0. The lowest BCUT2D eigenvalue weighted by Crippen LogP contribution is -2.53. The van der Waals surface area contributed by atoms with Gasteiger partial charge in [0.25, 0.3) is 11.8 Å². The molecular formula is C55H69N7O16. The van der Waals surface area contributed by atoms with Crippen molar-refractivity contribution in [3.8, 4) is 23.0 Å². The van der Waals surface area contributed by atoms with Crippen molar-refractivity contribution >= 4 is 59.0 Å². The van der Waals surface area contributed by atoms with Gasteiger partial charge in [0, 0.05) is 37.3 Å². The predicted molar refractivity (Wildman–Crippen MR) is 288 cm³/mol. The molecule has 2 aliphatic rings. The Morgan fingerprint density at radius 2 is 1.12 bits per heavy atom. The third-order valence-electron chi connectivity index (χ3n) is 12.2. The lowest BCUT2D eigenvalue weighted by molar-refractivity contribution is -0.128. The van der Waals surface area contributed by atoms with Gasteiger partial charge in [-0.25, -0.2) is 14.4 Å². The topological polar surface area (TPSA) is 291 Å². The molecule has 2 saturated heterocycles. The van der Waals surface area contributed by atoms with E-state index >= 15 is 0 Å². The van der Waals surface area contributed by atoms with Gasteiger partial charge in [0.05, 0.1) is 75.2 Å². The SMILES string of the molecule is C=CCOC(=O)Nc1cc(OCCCOc2cc(NC(=O)OCc3ccc(NC(=O)[C@H](C)NC(=O)[C@@H](NC(=O)OCC=C)C(C)C)cc3)c(C(=O)N3CC(=C)C[C@H]3CO)cc2OC)c(OC)cc1C(=O)N1CC(=C)C[C@H]1CO. The summed E-state index contributed by atoms with van der Waals surface area (Å²) >= 11 is 0. The Morgan fingerprint density at radius 3 is 1.56 bits per heavy atom. The number of amides is 7. The Hall–Kier alpha value is -8.57. The van der Waals surface area contributed by atoms with Gasteiger partial charge in [-0.1, -0.05) is 75.6 Å². The van der Waals surface area contributed by atoms with Crippen LogP contribution in [0, 0.1) is 5.92 Å². The van der Waals surface area contributed by atoms with Crippen LogP contribution in [0.4, 0.5) is 31.4 Å². The summed E-state index contributed by atoms with van der Waals surface area (Å²) in [5, 5.41) is 33.1. The third kappa shape index (κ3) is 16.5. The van der Waals surface area contributed by atoms with Gasteiger partial charge in [0.1, 0.15) is 31.9 Å². The maximum Gasteiger partial charge on any atom is 0.411 e. The number of hydrogen-bond donors (Lipinski definition) is 7. The van der Waals surface area contributed by atoms with E-state index in [9.17, 15) is 43.8 Å². The quantitative estimate of drug-likeness (QED) is 0.0278. The van der Waals surface area contributed by atoms with Crippen molar-refractivity contribution in [3.05, 3.63) is 115 Å². The highest BCUT2D eigenvalue weighted by atomic mass is 16.6. The smallest absolute Gasteiger partial charge is 0.411 e. The van der Waals surface area contributed by atoms with E-state index in [0.717, 1.165) is 11.1 Å². The Kier molecular flexibility index (Phi) is 22.5. The monoisotopic (exact) mass is 1080 g/mol. The first-order valence-corrected chi connectivity index (χ1v) is 24.9. The van der Waals surface area contributed by atoms with Crippen molar-refractivity contribution in [1.82, 2.24) is 20.4 Å². The van der Waals surface area contributed by atoms with E-state index in [4.69, 9.17) is 33.2 Å². The zero-order valence-electron chi connectivity index (χ0n) is 44.5. The molecule has 5 rings (SSSR count). The molecule has 0 spiro atoms. The molecule has 0 saturated carbocycles. The van der Waals surface area contributed by atoms with E-state index in [-0.39, 0.29) is 117 Å². The van der Waals surface area contributed by atoms with E-state index in [1.54, 1.807) is 38.1 Å². The summed E-state index contributed by atoms with van der Waals surface area (Å²) in [6, 6.07) is 8.99. The number of carbonyl (C=O) groups is 7. The van der Waals surface area contributed by atoms with Crippen LogP contribution in [0.3, 0.4) is 0 Å². The van der Waals surface area contributed by atoms with Crippen molar-refractivity contribution in [3.63, 3.8) is 0 Å². The second-order valence-corrected chi connectivity index (χ2v) is 18.5. The minimum atomic E-state index is -0.992. The third-order valence-corrected chi connectivity index (χ3v) is 12.2. The van der Waals surface area contributed by atoms with Gasteiger partial charge >= 0.3 is 18.3 Å². The summed E-state index contributed by atoms with van der Waals surface area (Å²) in [5.74, 6) is -1.85. The summed E-state index contributed by atoms with van der Waals surface area (Å²) in [7, 11) is 2.77. The molecule has 0 aliphatic carbocycles. The van der Waals surface area contributed by atoms with Crippen LogP contribution in [-0.4, -0.2) is 153 Å². The van der Waals surface area contributed by atoms with Crippen molar-refractivity contribution in [1.29, 1.82) is 0 Å². The van der Waals surface area contributed by atoms with Crippen LogP contribution in [0.2, 0.25) is 0 Å². The Morgan fingerprint density at radius 1 is 0.641 bits per heavy atom. The first kappa shape index (κ1) is 60.3. The van der Waals surface area contributed by atoms with Crippen molar-refractivity contribution < 1.29 is 76.9 Å². The number of rotatable bonds is 26. The molecule has 0 unspecified atom stereocenters. The van der Waals surface area contributed by atoms with Crippen LogP contribution in [-0.2, 0) is 30.4 Å². The first-order chi connectivity index (χ1) is 37.3. The van der Waals surface area contributed by atoms with Gasteiger partial charge in [-0.3, -0.25) is 29.8 Å². The summed E-state index contributed by atoms with van der Waals surface area (Å²) in [4.78, 5) is 95.2. The van der Waals surface area contributed by atoms with Gasteiger partial charge in [-0.05, 0) is 55.5 Å². The molecule has 7 N–H and O–H groups in total. The van der Waals surface area contributed by atoms with Crippen LogP contribution >= 0.6 is 0 Å². The minimum absolute atomic E-state index is 0.00298. The van der Waals surface area contributed by atoms with E-state index in [0.29, 0.717) is 24.1 Å². The number of likely N-dealkylation sites (tertiary alicyclic amines) is 2. The molecule has 0 bridgehead atoms. The summed E-state index contributed by atoms with van der Waals surface area (Å²) in [6.45, 7) is 19.4. The number of hydrogen-bond acceptors (Lipinski definition) is 16. The Labute approximate surface area is 452 Å². The van der Waals surface area contributed by atoms with Crippen molar-refractivity contribution in [2.24, 2.45) is 5.92 Å². The predicted octanol–water partition coefficient (Wildman–Crippen LogP) is 5.94. The number of ether oxygens (including phenoxy) is 7. The molecule has 23 nitrogen and oxygen atoms in total. The van der Waals surface area contributed by atoms with Gasteiger partial charge in [-0.15, -0.1) is 0 Å². The molecule has 78 heavy (non-hydrogen) atoms. The van der Waals surface area contributed by atoms with Gasteiger partial charge in [0.15, 0.2) is 23.0 Å². The molecule has 2 heterocycles. The number of nitrogens with one attached hydrogen (secondary N) is 5. The van der Waals surface area contributed by atoms with Crippen LogP contribution in [0.5, 0.6) is 23.0 Å². The number of aliphatic hydroxyl groups excluding tert-OH is 2. The standard InChI is InChI=1S/C55H69N7O16/c1-10-17-76-53(69)58-42-25-46(44(72-8)23-40(42)51(67)61-27-33(5)21-38(61)29-63)74-19-12-20-75-47-26-43(41(24-45(47)73-9)52(68)62-28-34(6)22-39(62)30-64)59-54(70)78-31-36-13-15-37(16-14-36)57-49(65)35(7)56-50(66)48(32(3)4)60-55(71)77-18-11-2/h10-11,13-16,23-26,32,35,38-39,48,63-64H,1-2,5-6,12,17-22,27-31H2,3-4,7-9H3,(H,56,66)(H,57,65)(H,58,69)(H,59,70)(H,60,71)/t35-,38-,39-,48-/m0/s1. The highest BCUT2D eigenvalue weighted by Crippen LogP contribution is 2.38. The molecular weight excluding hydrogens is 1010 g/mol. The summed E-state index contributed by atoms with van der Waals surface area (Å²) in [6.07, 6.45) is 1.22. The zero-order valence-corrected chi connectivity index (χ0v) is 44.5. The number of anilines is 3. The maximum absolute atomic E-state index is 14.2. The average Bonchev–Trinajstić information content (AvgIpc) is 4.03. The molecule has 3 aromatic carbocycles. The van der Waals surface area contributed by atoms with E-state index in [2.05, 4.69) is 52.9 Å². The Balaban J connectivity index is 1.26. The maximum atomic E-state index is 14.2. The minimum Gasteiger partial charge on any atom is -0.493 e. The molecule has 2 fully saturated rings. The highest BCUT2D eigenvalue weighted by molar-refractivity contribution is 6.05. The second-order valence-electron chi connectivity index (χ2n) is 18.5. The fraction of sp³-hybridized carbons (Fsp3) is 0.400. The molecule has 2 aliphatic heterocycles. The second kappa shape index (κ2) is 29.1. The van der Waals surface area contributed by atoms with E-state index in [1.165, 1.54) is 67.4 Å². The molecule has 0 aromatic heterocycles. The number of methoxy groups -OCH3 is 2. The van der Waals surface area contributed by atoms with Crippen molar-refractivity contribution in [2.75, 3.05) is 82.9 Å². The van der Waals surface area contributed by atoms with Gasteiger partial charge in [-0.2, -0.15) is 0 Å². The number of aliphatic hydroxyl groups is 2. The molecule has 7 amide bonds. The lowest BCUT2D eigenvalue weighted by atomic mass is 10.0. The van der Waals surface area contributed by atoms with Gasteiger partial charge in [0.2, 0.25) is 11.8 Å². The fourth-order valence-corrected chi connectivity index (χ4v) is 8.23. The van der Waals surface area contributed by atoms with E-state index < -0.39 is 66.1 Å². The molecule has 4 atom stereocenters.